The van der Waals surface area contributed by atoms with Gasteiger partial charge in [0.25, 0.3) is 5.91 Å². The molecule has 1 fully saturated rings. The van der Waals surface area contributed by atoms with E-state index in [9.17, 15) is 13.6 Å². The number of hydrogen-bond donors (Lipinski definition) is 2. The summed E-state index contributed by atoms with van der Waals surface area (Å²) in [5.74, 6) is -1.14. The highest BCUT2D eigenvalue weighted by Gasteiger charge is 2.14. The number of rotatable bonds is 5. The molecule has 1 aliphatic heterocycles. The maximum absolute atomic E-state index is 14.5. The van der Waals surface area contributed by atoms with E-state index in [-0.39, 0.29) is 17.3 Å². The molecule has 0 radical (unpaired) electrons. The normalized spacial score (nSPS) is 15.0. The fraction of sp³-hybridized carbons (Fsp3) is 0.350. The number of aryl methyl sites for hydroxylation is 1. The van der Waals surface area contributed by atoms with Crippen molar-refractivity contribution in [3.05, 3.63) is 59.2 Å². The summed E-state index contributed by atoms with van der Waals surface area (Å²) in [6.07, 6.45) is 0. The van der Waals surface area contributed by atoms with Crippen molar-refractivity contribution in [2.24, 2.45) is 0 Å². The molecule has 1 aliphatic rings. The molecular weight excluding hydrogens is 336 g/mol. The van der Waals surface area contributed by atoms with Crippen molar-refractivity contribution in [3.8, 4) is 11.1 Å². The molecule has 0 bridgehead atoms. The first-order valence-corrected chi connectivity index (χ1v) is 8.82. The van der Waals surface area contributed by atoms with E-state index < -0.39 is 5.82 Å². The smallest absolute Gasteiger partial charge is 0.251 e. The number of halogens is 2. The summed E-state index contributed by atoms with van der Waals surface area (Å²) in [4.78, 5) is 14.5. The van der Waals surface area contributed by atoms with Gasteiger partial charge in [-0.15, -0.1) is 0 Å². The SMILES string of the molecule is Cc1cc(F)ccc1-c1ccc(C(=O)NCCN2CCNCC2)cc1F. The Kier molecular flexibility index (Phi) is 5.96. The Hall–Kier alpha value is -2.31. The number of piperazine rings is 1. The maximum Gasteiger partial charge on any atom is 0.251 e. The van der Waals surface area contributed by atoms with Crippen molar-refractivity contribution in [2.45, 2.75) is 6.92 Å². The molecule has 1 saturated heterocycles. The van der Waals surface area contributed by atoms with E-state index in [2.05, 4.69) is 15.5 Å². The summed E-state index contributed by atoms with van der Waals surface area (Å²) in [7, 11) is 0. The lowest BCUT2D eigenvalue weighted by Gasteiger charge is -2.27. The molecule has 2 aromatic carbocycles. The van der Waals surface area contributed by atoms with Gasteiger partial charge < -0.3 is 10.6 Å². The quantitative estimate of drug-likeness (QED) is 0.863. The topological polar surface area (TPSA) is 44.4 Å². The molecule has 26 heavy (non-hydrogen) atoms. The van der Waals surface area contributed by atoms with Crippen LogP contribution < -0.4 is 10.6 Å². The highest BCUT2D eigenvalue weighted by molar-refractivity contribution is 5.94. The van der Waals surface area contributed by atoms with Gasteiger partial charge in [0.2, 0.25) is 0 Å². The largest absolute Gasteiger partial charge is 0.351 e. The fourth-order valence-corrected chi connectivity index (χ4v) is 3.17. The van der Waals surface area contributed by atoms with Crippen LogP contribution in [0.1, 0.15) is 15.9 Å². The summed E-state index contributed by atoms with van der Waals surface area (Å²) in [5, 5.41) is 6.11. The Labute approximate surface area is 152 Å². The Morgan fingerprint density at radius 3 is 2.54 bits per heavy atom. The van der Waals surface area contributed by atoms with E-state index in [1.165, 1.54) is 18.2 Å². The van der Waals surface area contributed by atoms with E-state index in [0.29, 0.717) is 23.2 Å². The lowest BCUT2D eigenvalue weighted by atomic mass is 9.98. The molecule has 1 heterocycles. The third-order valence-electron chi connectivity index (χ3n) is 4.63. The highest BCUT2D eigenvalue weighted by atomic mass is 19.1. The Bertz CT molecular complexity index is 789. The van der Waals surface area contributed by atoms with Gasteiger partial charge in [-0.05, 0) is 42.3 Å². The Morgan fingerprint density at radius 1 is 1.12 bits per heavy atom. The van der Waals surface area contributed by atoms with Gasteiger partial charge in [-0.25, -0.2) is 8.78 Å². The second kappa shape index (κ2) is 8.38. The van der Waals surface area contributed by atoms with Gasteiger partial charge in [0, 0.05) is 50.4 Å². The van der Waals surface area contributed by atoms with Crippen LogP contribution in [-0.2, 0) is 0 Å². The van der Waals surface area contributed by atoms with Crippen LogP contribution in [0.5, 0.6) is 0 Å². The number of amides is 1. The first kappa shape index (κ1) is 18.5. The zero-order chi connectivity index (χ0) is 18.5. The predicted octanol–water partition coefficient (Wildman–Crippen LogP) is 2.58. The van der Waals surface area contributed by atoms with Crippen molar-refractivity contribution < 1.29 is 13.6 Å². The van der Waals surface area contributed by atoms with Crippen LogP contribution in [-0.4, -0.2) is 50.1 Å². The fourth-order valence-electron chi connectivity index (χ4n) is 3.17. The monoisotopic (exact) mass is 359 g/mol. The molecule has 3 rings (SSSR count). The van der Waals surface area contributed by atoms with Crippen LogP contribution in [0.25, 0.3) is 11.1 Å². The molecule has 0 atom stereocenters. The summed E-state index contributed by atoms with van der Waals surface area (Å²) in [6.45, 7) is 6.90. The molecule has 0 saturated carbocycles. The number of nitrogens with zero attached hydrogens (tertiary/aromatic N) is 1. The first-order valence-electron chi connectivity index (χ1n) is 8.82. The molecule has 0 unspecified atom stereocenters. The number of benzene rings is 2. The molecule has 2 aromatic rings. The predicted molar refractivity (Wildman–Crippen MR) is 98.2 cm³/mol. The van der Waals surface area contributed by atoms with Crippen LogP contribution in [0.4, 0.5) is 8.78 Å². The molecule has 0 aromatic heterocycles. The lowest BCUT2D eigenvalue weighted by molar-refractivity contribution is 0.0947. The minimum absolute atomic E-state index is 0.284. The molecule has 0 spiro atoms. The first-order chi connectivity index (χ1) is 12.5. The third-order valence-corrected chi connectivity index (χ3v) is 4.63. The number of carbonyl (C=O) groups is 1. The van der Waals surface area contributed by atoms with Gasteiger partial charge in [-0.3, -0.25) is 9.69 Å². The lowest BCUT2D eigenvalue weighted by Crippen LogP contribution is -2.46. The molecule has 2 N–H and O–H groups in total. The van der Waals surface area contributed by atoms with Gasteiger partial charge in [0.15, 0.2) is 0 Å². The molecular formula is C20H23F2N3O. The number of nitrogens with one attached hydrogen (secondary N) is 2. The van der Waals surface area contributed by atoms with Crippen molar-refractivity contribution in [1.82, 2.24) is 15.5 Å². The summed E-state index contributed by atoms with van der Waals surface area (Å²) < 4.78 is 27.7. The zero-order valence-electron chi connectivity index (χ0n) is 14.8. The average Bonchev–Trinajstić information content (AvgIpc) is 2.63. The highest BCUT2D eigenvalue weighted by Crippen LogP contribution is 2.27. The van der Waals surface area contributed by atoms with E-state index in [4.69, 9.17) is 0 Å². The second-order valence-electron chi connectivity index (χ2n) is 6.50. The van der Waals surface area contributed by atoms with Crippen LogP contribution in [0.2, 0.25) is 0 Å². The van der Waals surface area contributed by atoms with Crippen LogP contribution in [0.3, 0.4) is 0 Å². The zero-order valence-corrected chi connectivity index (χ0v) is 14.8. The minimum Gasteiger partial charge on any atom is -0.351 e. The van der Waals surface area contributed by atoms with Gasteiger partial charge in [0.05, 0.1) is 0 Å². The van der Waals surface area contributed by atoms with Crippen molar-refractivity contribution in [1.29, 1.82) is 0 Å². The number of carbonyl (C=O) groups excluding carboxylic acids is 1. The van der Waals surface area contributed by atoms with E-state index >= 15 is 0 Å². The molecule has 0 aliphatic carbocycles. The van der Waals surface area contributed by atoms with Crippen molar-refractivity contribution in [3.63, 3.8) is 0 Å². The van der Waals surface area contributed by atoms with E-state index in [1.807, 2.05) is 0 Å². The van der Waals surface area contributed by atoms with Crippen molar-refractivity contribution >= 4 is 5.91 Å². The molecule has 4 nitrogen and oxygen atoms in total. The molecule has 6 heteroatoms. The number of hydrogen-bond acceptors (Lipinski definition) is 3. The van der Waals surface area contributed by atoms with Gasteiger partial charge in [-0.2, -0.15) is 0 Å². The van der Waals surface area contributed by atoms with Crippen LogP contribution >= 0.6 is 0 Å². The maximum atomic E-state index is 14.5. The molecule has 1 amide bonds. The Balaban J connectivity index is 1.63. The summed E-state index contributed by atoms with van der Waals surface area (Å²) in [5.41, 5.74) is 1.91. The Morgan fingerprint density at radius 2 is 1.85 bits per heavy atom. The third kappa shape index (κ3) is 4.45. The van der Waals surface area contributed by atoms with Gasteiger partial charge in [-0.1, -0.05) is 12.1 Å². The van der Waals surface area contributed by atoms with Gasteiger partial charge in [0.1, 0.15) is 11.6 Å². The van der Waals surface area contributed by atoms with E-state index in [0.717, 1.165) is 32.7 Å². The van der Waals surface area contributed by atoms with Crippen molar-refractivity contribution in [2.75, 3.05) is 39.3 Å². The van der Waals surface area contributed by atoms with Crippen LogP contribution in [0, 0.1) is 18.6 Å². The van der Waals surface area contributed by atoms with E-state index in [1.54, 1.807) is 25.1 Å². The minimum atomic E-state index is -0.491. The average molecular weight is 359 g/mol. The van der Waals surface area contributed by atoms with Gasteiger partial charge >= 0.3 is 0 Å². The van der Waals surface area contributed by atoms with Crippen LogP contribution in [0.15, 0.2) is 36.4 Å². The summed E-state index contributed by atoms with van der Waals surface area (Å²) >= 11 is 0. The molecule has 138 valence electrons. The second-order valence-corrected chi connectivity index (χ2v) is 6.50. The standard InChI is InChI=1S/C20H23F2N3O/c1-14-12-16(21)3-5-17(14)18-4-2-15(13-19(18)22)20(26)24-8-11-25-9-6-23-7-10-25/h2-5,12-13,23H,6-11H2,1H3,(H,24,26). The summed E-state index contributed by atoms with van der Waals surface area (Å²) in [6, 6.07) is 8.63.